The molecule has 1 rings (SSSR count). The molecule has 0 heterocycles. The zero-order valence-corrected chi connectivity index (χ0v) is 12.9. The number of ether oxygens (including phenoxy) is 1. The van der Waals surface area contributed by atoms with Crippen molar-refractivity contribution >= 4 is 0 Å². The molecular weight excluding hydrogens is 224 g/mol. The SMILES string of the molecule is CCNCC(C(C)C)N(CCOC)C(C)C1CC1. The van der Waals surface area contributed by atoms with Crippen molar-refractivity contribution in [3.8, 4) is 0 Å². The van der Waals surface area contributed by atoms with Crippen molar-refractivity contribution in [1.29, 1.82) is 0 Å². The van der Waals surface area contributed by atoms with Crippen LogP contribution in [0.1, 0.15) is 40.5 Å². The third-order valence-electron chi connectivity index (χ3n) is 4.18. The van der Waals surface area contributed by atoms with Gasteiger partial charge in [0.2, 0.25) is 0 Å². The molecule has 0 spiro atoms. The van der Waals surface area contributed by atoms with Gasteiger partial charge in [0.05, 0.1) is 6.61 Å². The fourth-order valence-electron chi connectivity index (χ4n) is 2.75. The number of hydrogen-bond acceptors (Lipinski definition) is 3. The lowest BCUT2D eigenvalue weighted by atomic mass is 9.99. The third-order valence-corrected chi connectivity index (χ3v) is 4.18. The van der Waals surface area contributed by atoms with Crippen LogP contribution in [0.25, 0.3) is 0 Å². The summed E-state index contributed by atoms with van der Waals surface area (Å²) in [5.41, 5.74) is 0. The Balaban J connectivity index is 2.62. The van der Waals surface area contributed by atoms with Crippen LogP contribution < -0.4 is 5.32 Å². The first-order valence-corrected chi connectivity index (χ1v) is 7.57. The van der Waals surface area contributed by atoms with Crippen LogP contribution in [0.4, 0.5) is 0 Å². The van der Waals surface area contributed by atoms with Crippen LogP contribution in [-0.2, 0) is 4.74 Å². The monoisotopic (exact) mass is 256 g/mol. The van der Waals surface area contributed by atoms with Crippen molar-refractivity contribution in [3.63, 3.8) is 0 Å². The second-order valence-electron chi connectivity index (χ2n) is 5.93. The Morgan fingerprint density at radius 2 is 1.94 bits per heavy atom. The predicted molar refractivity (Wildman–Crippen MR) is 77.9 cm³/mol. The zero-order valence-electron chi connectivity index (χ0n) is 12.9. The molecule has 1 N–H and O–H groups in total. The highest BCUT2D eigenvalue weighted by molar-refractivity contribution is 4.89. The smallest absolute Gasteiger partial charge is 0.0589 e. The maximum atomic E-state index is 5.29. The van der Waals surface area contributed by atoms with Gasteiger partial charge in [-0.15, -0.1) is 0 Å². The van der Waals surface area contributed by atoms with E-state index >= 15 is 0 Å². The van der Waals surface area contributed by atoms with Gasteiger partial charge >= 0.3 is 0 Å². The number of methoxy groups -OCH3 is 1. The van der Waals surface area contributed by atoms with E-state index in [4.69, 9.17) is 4.74 Å². The molecule has 1 aliphatic carbocycles. The van der Waals surface area contributed by atoms with Crippen molar-refractivity contribution in [3.05, 3.63) is 0 Å². The van der Waals surface area contributed by atoms with Gasteiger partial charge in [0, 0.05) is 32.3 Å². The van der Waals surface area contributed by atoms with E-state index in [1.165, 1.54) is 12.8 Å². The standard InChI is InChI=1S/C15H32N2O/c1-6-16-11-15(12(2)3)17(9-10-18-5)13(4)14-7-8-14/h12-16H,6-11H2,1-5H3. The molecular formula is C15H32N2O. The normalized spacial score (nSPS) is 19.5. The number of rotatable bonds is 10. The lowest BCUT2D eigenvalue weighted by Crippen LogP contribution is -2.51. The Labute approximate surface area is 113 Å². The van der Waals surface area contributed by atoms with Gasteiger partial charge in [0.15, 0.2) is 0 Å². The Bertz CT molecular complexity index is 217. The highest BCUT2D eigenvalue weighted by Crippen LogP contribution is 2.36. The summed E-state index contributed by atoms with van der Waals surface area (Å²) in [4.78, 5) is 2.68. The summed E-state index contributed by atoms with van der Waals surface area (Å²) in [6, 6.07) is 1.32. The minimum Gasteiger partial charge on any atom is -0.383 e. The van der Waals surface area contributed by atoms with E-state index in [0.29, 0.717) is 18.0 Å². The van der Waals surface area contributed by atoms with E-state index in [1.807, 2.05) is 0 Å². The maximum Gasteiger partial charge on any atom is 0.0589 e. The summed E-state index contributed by atoms with van der Waals surface area (Å²) >= 11 is 0. The fourth-order valence-corrected chi connectivity index (χ4v) is 2.75. The summed E-state index contributed by atoms with van der Waals surface area (Å²) in [6.45, 7) is 13.3. The van der Waals surface area contributed by atoms with Gasteiger partial charge in [-0.25, -0.2) is 0 Å². The van der Waals surface area contributed by atoms with Crippen LogP contribution in [0.3, 0.4) is 0 Å². The fraction of sp³-hybridized carbons (Fsp3) is 1.00. The second kappa shape index (κ2) is 8.13. The van der Waals surface area contributed by atoms with Crippen LogP contribution in [0.2, 0.25) is 0 Å². The van der Waals surface area contributed by atoms with E-state index in [9.17, 15) is 0 Å². The molecule has 108 valence electrons. The lowest BCUT2D eigenvalue weighted by Gasteiger charge is -2.39. The first-order valence-electron chi connectivity index (χ1n) is 7.57. The number of nitrogens with one attached hydrogen (secondary N) is 1. The zero-order chi connectivity index (χ0) is 13.5. The summed E-state index contributed by atoms with van der Waals surface area (Å²) < 4.78 is 5.29. The molecule has 0 aromatic heterocycles. The molecule has 0 aromatic rings. The van der Waals surface area contributed by atoms with E-state index in [-0.39, 0.29) is 0 Å². The van der Waals surface area contributed by atoms with E-state index in [0.717, 1.165) is 32.2 Å². The molecule has 0 bridgehead atoms. The minimum absolute atomic E-state index is 0.621. The molecule has 0 amide bonds. The second-order valence-corrected chi connectivity index (χ2v) is 5.93. The average molecular weight is 256 g/mol. The molecule has 2 atom stereocenters. The highest BCUT2D eigenvalue weighted by atomic mass is 16.5. The Hall–Kier alpha value is -0.120. The van der Waals surface area contributed by atoms with Crippen molar-refractivity contribution in [2.24, 2.45) is 11.8 Å². The van der Waals surface area contributed by atoms with Crippen LogP contribution in [0.15, 0.2) is 0 Å². The van der Waals surface area contributed by atoms with Gasteiger partial charge in [-0.3, -0.25) is 4.90 Å². The van der Waals surface area contributed by atoms with Gasteiger partial charge in [-0.05, 0) is 38.1 Å². The third kappa shape index (κ3) is 4.87. The Morgan fingerprint density at radius 3 is 2.39 bits per heavy atom. The molecule has 1 aliphatic rings. The van der Waals surface area contributed by atoms with E-state index in [1.54, 1.807) is 7.11 Å². The summed E-state index contributed by atoms with van der Waals surface area (Å²) in [5.74, 6) is 1.60. The van der Waals surface area contributed by atoms with Crippen molar-refractivity contribution in [1.82, 2.24) is 10.2 Å². The van der Waals surface area contributed by atoms with Gasteiger partial charge in [0.1, 0.15) is 0 Å². The largest absolute Gasteiger partial charge is 0.383 e. The van der Waals surface area contributed by atoms with Crippen LogP contribution in [0.5, 0.6) is 0 Å². The highest BCUT2D eigenvalue weighted by Gasteiger charge is 2.35. The summed E-state index contributed by atoms with van der Waals surface area (Å²) in [6.07, 6.45) is 2.83. The first kappa shape index (κ1) is 15.9. The average Bonchev–Trinajstić information content (AvgIpc) is 3.16. The van der Waals surface area contributed by atoms with Crippen LogP contribution in [0, 0.1) is 11.8 Å². The molecule has 3 heteroatoms. The molecule has 0 aromatic carbocycles. The van der Waals surface area contributed by atoms with Gasteiger partial charge in [-0.2, -0.15) is 0 Å². The quantitative estimate of drug-likeness (QED) is 0.649. The number of hydrogen-bond donors (Lipinski definition) is 1. The van der Waals surface area contributed by atoms with E-state index < -0.39 is 0 Å². The summed E-state index contributed by atoms with van der Waals surface area (Å²) in [5, 5.41) is 3.52. The molecule has 18 heavy (non-hydrogen) atoms. The van der Waals surface area contributed by atoms with Crippen molar-refractivity contribution in [2.75, 3.05) is 33.4 Å². The topological polar surface area (TPSA) is 24.5 Å². The summed E-state index contributed by atoms with van der Waals surface area (Å²) in [7, 11) is 1.80. The molecule has 1 saturated carbocycles. The lowest BCUT2D eigenvalue weighted by molar-refractivity contribution is 0.0616. The van der Waals surface area contributed by atoms with Crippen molar-refractivity contribution < 1.29 is 4.74 Å². The first-order chi connectivity index (χ1) is 8.61. The molecule has 3 nitrogen and oxygen atoms in total. The van der Waals surface area contributed by atoms with Crippen LogP contribution in [-0.4, -0.2) is 50.3 Å². The van der Waals surface area contributed by atoms with Crippen LogP contribution >= 0.6 is 0 Å². The minimum atomic E-state index is 0.621. The van der Waals surface area contributed by atoms with E-state index in [2.05, 4.69) is 37.9 Å². The molecule has 0 radical (unpaired) electrons. The number of nitrogens with zero attached hydrogens (tertiary/aromatic N) is 1. The molecule has 1 fully saturated rings. The molecule has 2 unspecified atom stereocenters. The Morgan fingerprint density at radius 1 is 1.28 bits per heavy atom. The number of likely N-dealkylation sites (N-methyl/N-ethyl adjacent to an activating group) is 1. The van der Waals surface area contributed by atoms with Gasteiger partial charge in [-0.1, -0.05) is 20.8 Å². The van der Waals surface area contributed by atoms with Gasteiger partial charge in [0.25, 0.3) is 0 Å². The predicted octanol–water partition coefficient (Wildman–Crippen LogP) is 2.37. The van der Waals surface area contributed by atoms with Crippen molar-refractivity contribution in [2.45, 2.75) is 52.6 Å². The Kier molecular flexibility index (Phi) is 7.20. The molecule has 0 saturated heterocycles. The maximum absolute atomic E-state index is 5.29. The van der Waals surface area contributed by atoms with Gasteiger partial charge < -0.3 is 10.1 Å². The molecule has 0 aliphatic heterocycles.